The van der Waals surface area contributed by atoms with Crippen LogP contribution >= 0.6 is 0 Å². The first kappa shape index (κ1) is 30.0. The van der Waals surface area contributed by atoms with Gasteiger partial charge in [0, 0.05) is 24.9 Å². The van der Waals surface area contributed by atoms with Gasteiger partial charge < -0.3 is 20.7 Å². The molecule has 0 aliphatic carbocycles. The van der Waals surface area contributed by atoms with Gasteiger partial charge in [0.25, 0.3) is 0 Å². The predicted molar refractivity (Wildman–Crippen MR) is 125 cm³/mol. The van der Waals surface area contributed by atoms with E-state index in [1.165, 1.54) is 6.42 Å². The van der Waals surface area contributed by atoms with E-state index in [1.807, 2.05) is 51.1 Å². The molecule has 0 aromatic heterocycles. The number of carbonyl (C=O) groups excluding carboxylic acids is 3. The second kappa shape index (κ2) is 15.6. The van der Waals surface area contributed by atoms with Crippen LogP contribution in [0.3, 0.4) is 0 Å². The van der Waals surface area contributed by atoms with Crippen LogP contribution in [0.1, 0.15) is 66.9 Å². The van der Waals surface area contributed by atoms with Gasteiger partial charge in [-0.2, -0.15) is 0 Å². The zero-order valence-corrected chi connectivity index (χ0v) is 20.3. The molecule has 30 heavy (non-hydrogen) atoms. The summed E-state index contributed by atoms with van der Waals surface area (Å²) in [5.74, 6) is -0.0804. The van der Waals surface area contributed by atoms with Crippen molar-refractivity contribution in [3.63, 3.8) is 0 Å². The van der Waals surface area contributed by atoms with E-state index in [2.05, 4.69) is 43.6 Å². The Bertz CT molecular complexity index is 595. The topological polar surface area (TPSA) is 87.3 Å². The van der Waals surface area contributed by atoms with Crippen molar-refractivity contribution in [1.82, 2.24) is 16.0 Å². The van der Waals surface area contributed by atoms with Crippen molar-refractivity contribution in [3.8, 4) is 0 Å². The minimum atomic E-state index is -0.388. The third-order valence-electron chi connectivity index (χ3n) is 4.60. The Hall–Kier alpha value is -2.21. The van der Waals surface area contributed by atoms with Crippen LogP contribution in [-0.2, 0) is 19.8 Å². The fraction of sp³-hybridized carbons (Fsp3) is 0.625. The highest BCUT2D eigenvalue weighted by Crippen LogP contribution is 2.28. The number of nitrogens with one attached hydrogen (secondary N) is 3. The molecule has 6 nitrogen and oxygen atoms in total. The number of aldehydes is 1. The van der Waals surface area contributed by atoms with Crippen molar-refractivity contribution in [2.24, 2.45) is 5.41 Å². The molecule has 172 valence electrons. The lowest BCUT2D eigenvalue weighted by molar-refractivity contribution is -0.126. The lowest BCUT2D eigenvalue weighted by Crippen LogP contribution is -2.57. The van der Waals surface area contributed by atoms with Gasteiger partial charge >= 0.3 is 0 Å². The highest BCUT2D eigenvalue weighted by atomic mass is 16.2. The molecule has 1 rings (SSSR count). The van der Waals surface area contributed by atoms with Crippen LogP contribution < -0.4 is 16.0 Å². The van der Waals surface area contributed by atoms with E-state index < -0.39 is 0 Å². The normalized spacial score (nSPS) is 12.7. The van der Waals surface area contributed by atoms with Crippen molar-refractivity contribution in [2.75, 3.05) is 14.1 Å². The maximum Gasteiger partial charge on any atom is 0.238 e. The summed E-state index contributed by atoms with van der Waals surface area (Å²) in [5.41, 5.74) is 0.548. The summed E-state index contributed by atoms with van der Waals surface area (Å²) in [6.07, 6.45) is 3.06. The molecule has 0 aliphatic heterocycles. The average molecular weight is 422 g/mol. The fourth-order valence-corrected chi connectivity index (χ4v) is 2.83. The van der Waals surface area contributed by atoms with Crippen LogP contribution in [-0.4, -0.2) is 44.8 Å². The lowest BCUT2D eigenvalue weighted by Gasteiger charge is -2.37. The van der Waals surface area contributed by atoms with Gasteiger partial charge in [0.1, 0.15) is 6.29 Å². The van der Waals surface area contributed by atoms with E-state index in [0.717, 1.165) is 11.8 Å². The number of hydrogen-bond acceptors (Lipinski definition) is 4. The number of benzene rings is 1. The maximum atomic E-state index is 12.8. The first-order valence-electron chi connectivity index (χ1n) is 10.5. The number of hydrogen-bond donors (Lipinski definition) is 3. The summed E-state index contributed by atoms with van der Waals surface area (Å²) in [5, 5.41) is 8.44. The molecule has 2 amide bonds. The van der Waals surface area contributed by atoms with Gasteiger partial charge in [-0.3, -0.25) is 9.59 Å². The van der Waals surface area contributed by atoms with E-state index in [4.69, 9.17) is 4.79 Å². The monoisotopic (exact) mass is 421 g/mol. The number of likely N-dealkylation sites (N-methyl/N-ethyl adjacent to an activating group) is 1. The van der Waals surface area contributed by atoms with Crippen LogP contribution in [0.5, 0.6) is 0 Å². The summed E-state index contributed by atoms with van der Waals surface area (Å²) >= 11 is 0. The molecule has 0 spiro atoms. The van der Waals surface area contributed by atoms with Gasteiger partial charge in [-0.05, 0) is 18.0 Å². The van der Waals surface area contributed by atoms with E-state index in [-0.39, 0.29) is 28.8 Å². The van der Waals surface area contributed by atoms with Crippen molar-refractivity contribution in [2.45, 2.75) is 78.8 Å². The van der Waals surface area contributed by atoms with Gasteiger partial charge in [-0.15, -0.1) is 0 Å². The Labute approximate surface area is 183 Å². The molecule has 2 atom stereocenters. The second-order valence-electron chi connectivity index (χ2n) is 8.75. The number of rotatable bonds is 8. The van der Waals surface area contributed by atoms with Gasteiger partial charge in [-0.1, -0.05) is 85.2 Å². The van der Waals surface area contributed by atoms with E-state index in [1.54, 1.807) is 14.1 Å². The van der Waals surface area contributed by atoms with Crippen molar-refractivity contribution in [1.29, 1.82) is 0 Å². The summed E-state index contributed by atoms with van der Waals surface area (Å²) < 4.78 is 0. The van der Waals surface area contributed by atoms with Crippen LogP contribution in [0, 0.1) is 5.41 Å². The van der Waals surface area contributed by atoms with Gasteiger partial charge in [0.2, 0.25) is 12.3 Å². The molecule has 1 aromatic rings. The molecule has 0 radical (unpaired) electrons. The highest BCUT2D eigenvalue weighted by molar-refractivity contribution is 5.84. The van der Waals surface area contributed by atoms with Gasteiger partial charge in [-0.25, -0.2) is 0 Å². The molecule has 0 bridgehead atoms. The Balaban J connectivity index is 0. The summed E-state index contributed by atoms with van der Waals surface area (Å²) in [6.45, 7) is 14.4. The van der Waals surface area contributed by atoms with Crippen molar-refractivity contribution in [3.05, 3.63) is 35.9 Å². The maximum absolute atomic E-state index is 12.8. The first-order valence-corrected chi connectivity index (χ1v) is 10.5. The molecule has 0 saturated carbocycles. The molecule has 0 aliphatic rings. The Morgan fingerprint density at radius 3 is 1.80 bits per heavy atom. The Morgan fingerprint density at radius 1 is 1.00 bits per heavy atom. The van der Waals surface area contributed by atoms with Crippen molar-refractivity contribution >= 4 is 18.6 Å². The number of carbonyl (C=O) groups is 3. The third kappa shape index (κ3) is 11.1. The van der Waals surface area contributed by atoms with Crippen LogP contribution in [0.15, 0.2) is 30.3 Å². The molecular weight excluding hydrogens is 378 g/mol. The van der Waals surface area contributed by atoms with Crippen LogP contribution in [0.4, 0.5) is 0 Å². The molecule has 0 saturated heterocycles. The summed E-state index contributed by atoms with van der Waals surface area (Å²) in [4.78, 5) is 32.8. The van der Waals surface area contributed by atoms with Gasteiger partial charge in [0.05, 0.1) is 6.04 Å². The van der Waals surface area contributed by atoms with Gasteiger partial charge in [0.15, 0.2) is 0 Å². The molecule has 6 heteroatoms. The lowest BCUT2D eigenvalue weighted by atomic mass is 9.76. The SMILES string of the molecule is CCC.CNC(C(=O)N[C@H](CC=O)C(C)(C)C)C(C)(C)c1ccccc1.CNC=O. The van der Waals surface area contributed by atoms with E-state index in [9.17, 15) is 9.59 Å². The summed E-state index contributed by atoms with van der Waals surface area (Å²) in [7, 11) is 3.35. The molecule has 0 fully saturated rings. The molecule has 3 N–H and O–H groups in total. The standard InChI is InChI=1S/C19H30N2O2.C3H8.C2H5NO/c1-18(2,3)15(12-13-22)21-17(23)16(20-6)19(4,5)14-10-8-7-9-11-14;1-3-2;1-3-2-4/h7-11,13,15-16,20H,12H2,1-6H3,(H,21,23);3H2,1-2H3;2H,1H3,(H,3,4)/t15-,16?;;/m1../s1. The molecule has 1 aromatic carbocycles. The molecule has 1 unspecified atom stereocenters. The van der Waals surface area contributed by atoms with E-state index >= 15 is 0 Å². The van der Waals surface area contributed by atoms with Crippen LogP contribution in [0.25, 0.3) is 0 Å². The Morgan fingerprint density at radius 2 is 1.47 bits per heavy atom. The quantitative estimate of drug-likeness (QED) is 0.561. The smallest absolute Gasteiger partial charge is 0.238 e. The highest BCUT2D eigenvalue weighted by Gasteiger charge is 2.37. The average Bonchev–Trinajstić information content (AvgIpc) is 2.69. The minimum Gasteiger partial charge on any atom is -0.362 e. The first-order chi connectivity index (χ1) is 14.0. The molecule has 0 heterocycles. The fourth-order valence-electron chi connectivity index (χ4n) is 2.83. The zero-order valence-electron chi connectivity index (χ0n) is 20.3. The number of amides is 2. The van der Waals surface area contributed by atoms with E-state index in [0.29, 0.717) is 12.8 Å². The second-order valence-corrected chi connectivity index (χ2v) is 8.75. The zero-order chi connectivity index (χ0) is 23.8. The summed E-state index contributed by atoms with van der Waals surface area (Å²) in [6, 6.07) is 9.41. The predicted octanol–water partition coefficient (Wildman–Crippen LogP) is 3.45. The minimum absolute atomic E-state index is 0.0804. The van der Waals surface area contributed by atoms with Crippen LogP contribution in [0.2, 0.25) is 0 Å². The largest absolute Gasteiger partial charge is 0.362 e. The van der Waals surface area contributed by atoms with Crippen molar-refractivity contribution < 1.29 is 14.4 Å². The molecular formula is C24H43N3O3. The Kier molecular flexibility index (Phi) is 15.6. The third-order valence-corrected chi connectivity index (χ3v) is 4.60.